The minimum Gasteiger partial charge on any atom is -0.368 e. The van der Waals surface area contributed by atoms with Gasteiger partial charge in [0.2, 0.25) is 5.91 Å². The van der Waals surface area contributed by atoms with Crippen molar-refractivity contribution in [2.45, 2.75) is 30.5 Å². The number of hydrogen-bond acceptors (Lipinski definition) is 4. The van der Waals surface area contributed by atoms with Crippen LogP contribution >= 0.6 is 0 Å². The standard InChI is InChI=1S/C7H8O3S.C5H9FN2O/c1-6-2-4-7(5-3-6)11(8,9)10;6-3-1-4(5(7)9)8-2-3/h2-5H,1H3,(H,8,9,10);3-4,8H,1-2H2,(H2,7,9)/t;3-,4-/m.0/s1. The van der Waals surface area contributed by atoms with E-state index in [1.165, 1.54) is 12.1 Å². The van der Waals surface area contributed by atoms with Crippen LogP contribution in [0.3, 0.4) is 0 Å². The van der Waals surface area contributed by atoms with Crippen LogP contribution in [-0.4, -0.2) is 37.6 Å². The quantitative estimate of drug-likeness (QED) is 0.686. The van der Waals surface area contributed by atoms with Crippen LogP contribution in [0.15, 0.2) is 29.2 Å². The van der Waals surface area contributed by atoms with Crippen LogP contribution in [0.2, 0.25) is 0 Å². The second-order valence-corrected chi connectivity index (χ2v) is 5.91. The minimum absolute atomic E-state index is 0.0666. The van der Waals surface area contributed by atoms with Crippen molar-refractivity contribution in [3.63, 3.8) is 0 Å². The first-order valence-electron chi connectivity index (χ1n) is 5.91. The molecule has 112 valence electrons. The van der Waals surface area contributed by atoms with Gasteiger partial charge in [-0.05, 0) is 19.1 Å². The molecule has 2 rings (SSSR count). The maximum absolute atomic E-state index is 12.3. The smallest absolute Gasteiger partial charge is 0.294 e. The maximum Gasteiger partial charge on any atom is 0.294 e. The van der Waals surface area contributed by atoms with Gasteiger partial charge in [0, 0.05) is 13.0 Å². The molecule has 0 unspecified atom stereocenters. The number of nitrogens with one attached hydrogen (secondary N) is 1. The van der Waals surface area contributed by atoms with E-state index in [1.807, 2.05) is 6.92 Å². The van der Waals surface area contributed by atoms with Crippen LogP contribution in [0.4, 0.5) is 4.39 Å². The second kappa shape index (κ2) is 6.78. The van der Waals surface area contributed by atoms with Gasteiger partial charge < -0.3 is 11.1 Å². The Bertz CT molecular complexity index is 559. The summed E-state index contributed by atoms with van der Waals surface area (Å²) in [5.74, 6) is -0.463. The van der Waals surface area contributed by atoms with Crippen molar-refractivity contribution in [1.29, 1.82) is 0 Å². The number of carbonyl (C=O) groups is 1. The van der Waals surface area contributed by atoms with Crippen molar-refractivity contribution in [3.05, 3.63) is 29.8 Å². The lowest BCUT2D eigenvalue weighted by molar-refractivity contribution is -0.119. The third-order valence-electron chi connectivity index (χ3n) is 2.74. The average molecular weight is 304 g/mol. The Morgan fingerprint density at radius 1 is 1.40 bits per heavy atom. The average Bonchev–Trinajstić information content (AvgIpc) is 2.76. The van der Waals surface area contributed by atoms with Crippen molar-refractivity contribution in [1.82, 2.24) is 5.32 Å². The van der Waals surface area contributed by atoms with E-state index in [0.717, 1.165) is 5.56 Å². The van der Waals surface area contributed by atoms with E-state index in [9.17, 15) is 17.6 Å². The summed E-state index contributed by atoms with van der Waals surface area (Å²) >= 11 is 0. The number of benzene rings is 1. The molecule has 4 N–H and O–H groups in total. The number of nitrogens with two attached hydrogens (primary N) is 1. The fraction of sp³-hybridized carbons (Fsp3) is 0.417. The Balaban J connectivity index is 0.000000204. The molecule has 0 bridgehead atoms. The van der Waals surface area contributed by atoms with Gasteiger partial charge in [0.15, 0.2) is 0 Å². The number of hydrogen-bond donors (Lipinski definition) is 3. The van der Waals surface area contributed by atoms with Crippen molar-refractivity contribution in [3.8, 4) is 0 Å². The predicted octanol–water partition coefficient (Wildman–Crippen LogP) is 0.413. The van der Waals surface area contributed by atoms with E-state index < -0.39 is 28.2 Å². The first-order valence-corrected chi connectivity index (χ1v) is 7.35. The summed E-state index contributed by atoms with van der Waals surface area (Å²) in [4.78, 5) is 10.3. The first kappa shape index (κ1) is 16.5. The molecule has 1 aliphatic rings. The molecule has 1 aliphatic heterocycles. The van der Waals surface area contributed by atoms with E-state index in [0.29, 0.717) is 0 Å². The second-order valence-electron chi connectivity index (χ2n) is 4.48. The fourth-order valence-corrected chi connectivity index (χ4v) is 2.10. The highest BCUT2D eigenvalue weighted by molar-refractivity contribution is 7.85. The van der Waals surface area contributed by atoms with Gasteiger partial charge in [-0.25, -0.2) is 4.39 Å². The molecule has 8 heteroatoms. The molecule has 0 aliphatic carbocycles. The molecule has 2 atom stereocenters. The number of primary amides is 1. The van der Waals surface area contributed by atoms with E-state index in [1.54, 1.807) is 12.1 Å². The minimum atomic E-state index is -4.02. The zero-order valence-electron chi connectivity index (χ0n) is 10.9. The summed E-state index contributed by atoms with van der Waals surface area (Å²) in [6.45, 7) is 2.10. The Hall–Kier alpha value is -1.51. The van der Waals surface area contributed by atoms with E-state index in [-0.39, 0.29) is 17.9 Å². The van der Waals surface area contributed by atoms with Crippen LogP contribution in [0.25, 0.3) is 0 Å². The van der Waals surface area contributed by atoms with Gasteiger partial charge in [-0.15, -0.1) is 0 Å². The molecule has 1 saturated heterocycles. The molecule has 20 heavy (non-hydrogen) atoms. The molecule has 1 amide bonds. The van der Waals surface area contributed by atoms with Crippen molar-refractivity contribution in [2.75, 3.05) is 6.54 Å². The number of aryl methyl sites for hydroxylation is 1. The number of halogens is 1. The summed E-state index contributed by atoms with van der Waals surface area (Å²) in [6, 6.07) is 5.54. The highest BCUT2D eigenvalue weighted by Crippen LogP contribution is 2.09. The van der Waals surface area contributed by atoms with Gasteiger partial charge in [-0.3, -0.25) is 9.35 Å². The zero-order chi connectivity index (χ0) is 15.3. The number of rotatable bonds is 2. The normalized spacial score (nSPS) is 21.9. The molecular weight excluding hydrogens is 287 g/mol. The van der Waals surface area contributed by atoms with Crippen LogP contribution in [0.1, 0.15) is 12.0 Å². The fourth-order valence-electron chi connectivity index (χ4n) is 1.62. The van der Waals surface area contributed by atoms with Gasteiger partial charge in [0.1, 0.15) is 6.17 Å². The lowest BCUT2D eigenvalue weighted by Gasteiger charge is -2.00. The zero-order valence-corrected chi connectivity index (χ0v) is 11.7. The molecule has 0 aromatic heterocycles. The molecule has 1 aromatic rings. The summed E-state index contributed by atoms with van der Waals surface area (Å²) in [5.41, 5.74) is 5.85. The van der Waals surface area contributed by atoms with E-state index in [4.69, 9.17) is 10.3 Å². The molecule has 0 radical (unpaired) electrons. The van der Waals surface area contributed by atoms with Gasteiger partial charge in [-0.1, -0.05) is 17.7 Å². The van der Waals surface area contributed by atoms with Crippen LogP contribution < -0.4 is 11.1 Å². The highest BCUT2D eigenvalue weighted by atomic mass is 32.2. The molecule has 1 fully saturated rings. The van der Waals surface area contributed by atoms with Crippen molar-refractivity contribution >= 4 is 16.0 Å². The molecule has 1 aromatic carbocycles. The lowest BCUT2D eigenvalue weighted by Crippen LogP contribution is -2.36. The Morgan fingerprint density at radius 3 is 2.25 bits per heavy atom. The van der Waals surface area contributed by atoms with Gasteiger partial charge >= 0.3 is 0 Å². The molecule has 6 nitrogen and oxygen atoms in total. The topological polar surface area (TPSA) is 109 Å². The van der Waals surface area contributed by atoms with Gasteiger partial charge in [0.25, 0.3) is 10.1 Å². The third-order valence-corrected chi connectivity index (χ3v) is 3.61. The largest absolute Gasteiger partial charge is 0.368 e. The Morgan fingerprint density at radius 2 is 1.95 bits per heavy atom. The summed E-state index contributed by atoms with van der Waals surface area (Å²) in [6.07, 6.45) is -0.669. The molecule has 0 spiro atoms. The summed E-state index contributed by atoms with van der Waals surface area (Å²) in [5, 5.41) is 2.66. The highest BCUT2D eigenvalue weighted by Gasteiger charge is 2.26. The number of alkyl halides is 1. The summed E-state index contributed by atoms with van der Waals surface area (Å²) < 4.78 is 41.8. The first-order chi connectivity index (χ1) is 9.20. The number of carbonyl (C=O) groups excluding carboxylic acids is 1. The number of amides is 1. The molecule has 1 heterocycles. The lowest BCUT2D eigenvalue weighted by atomic mass is 10.2. The Kier molecular flexibility index (Phi) is 5.61. The summed E-state index contributed by atoms with van der Waals surface area (Å²) in [7, 11) is -4.02. The van der Waals surface area contributed by atoms with Gasteiger partial charge in [0.05, 0.1) is 10.9 Å². The van der Waals surface area contributed by atoms with Crippen LogP contribution in [-0.2, 0) is 14.9 Å². The van der Waals surface area contributed by atoms with Crippen molar-refractivity contribution < 1.29 is 22.2 Å². The third kappa shape index (κ3) is 5.24. The van der Waals surface area contributed by atoms with Crippen LogP contribution in [0.5, 0.6) is 0 Å². The SMILES string of the molecule is Cc1ccc(S(=O)(=O)O)cc1.NC(=O)[C@@H]1C[C@H](F)CN1. The maximum atomic E-state index is 12.3. The Labute approximate surface area is 116 Å². The monoisotopic (exact) mass is 304 g/mol. The van der Waals surface area contributed by atoms with E-state index in [2.05, 4.69) is 5.32 Å². The molecular formula is C12H17FN2O4S. The van der Waals surface area contributed by atoms with Crippen molar-refractivity contribution in [2.24, 2.45) is 5.73 Å². The molecule has 0 saturated carbocycles. The van der Waals surface area contributed by atoms with Crippen LogP contribution in [0, 0.1) is 6.92 Å². The van der Waals surface area contributed by atoms with E-state index >= 15 is 0 Å². The van der Waals surface area contributed by atoms with Gasteiger partial charge in [-0.2, -0.15) is 8.42 Å². The predicted molar refractivity (Wildman–Crippen MR) is 71.5 cm³/mol.